The topological polar surface area (TPSA) is 73.1 Å². The van der Waals surface area contributed by atoms with Crippen molar-refractivity contribution in [3.63, 3.8) is 0 Å². The first-order chi connectivity index (χ1) is 9.69. The summed E-state index contributed by atoms with van der Waals surface area (Å²) in [6.07, 6.45) is 1.65. The van der Waals surface area contributed by atoms with Crippen LogP contribution in [-0.2, 0) is 0 Å². The number of methoxy groups -OCH3 is 1. The molecule has 102 valence electrons. The summed E-state index contributed by atoms with van der Waals surface area (Å²) in [5, 5.41) is 11.1. The number of nitrogens with zero attached hydrogens (tertiary/aromatic N) is 2. The van der Waals surface area contributed by atoms with Crippen LogP contribution in [0.3, 0.4) is 0 Å². The number of aromatic carboxylic acids is 1. The Morgan fingerprint density at radius 2 is 2.20 bits per heavy atom. The van der Waals surface area contributed by atoms with Crippen LogP contribution in [0.25, 0.3) is 4.96 Å². The Hall–Kier alpha value is -2.54. The molecule has 0 saturated carbocycles. The summed E-state index contributed by atoms with van der Waals surface area (Å²) in [4.78, 5) is 16.1. The summed E-state index contributed by atoms with van der Waals surface area (Å²) < 4.78 is 12.2. The molecule has 20 heavy (non-hydrogen) atoms. The van der Waals surface area contributed by atoms with E-state index in [0.717, 1.165) is 0 Å². The quantitative estimate of drug-likeness (QED) is 0.799. The Bertz CT molecular complexity index is 778. The number of benzene rings is 1. The van der Waals surface area contributed by atoms with E-state index in [2.05, 4.69) is 4.98 Å². The van der Waals surface area contributed by atoms with Crippen LogP contribution >= 0.6 is 11.3 Å². The number of hydrogen-bond acceptors (Lipinski definition) is 5. The number of rotatable bonds is 4. The molecule has 0 aliphatic carbocycles. The molecule has 0 spiro atoms. The fourth-order valence-electron chi connectivity index (χ4n) is 1.81. The van der Waals surface area contributed by atoms with E-state index in [0.29, 0.717) is 16.5 Å². The van der Waals surface area contributed by atoms with Gasteiger partial charge in [-0.05, 0) is 12.1 Å². The van der Waals surface area contributed by atoms with Gasteiger partial charge in [-0.3, -0.25) is 4.40 Å². The first kappa shape index (κ1) is 12.5. The van der Waals surface area contributed by atoms with Crippen molar-refractivity contribution in [2.24, 2.45) is 0 Å². The van der Waals surface area contributed by atoms with Gasteiger partial charge in [0.2, 0.25) is 0 Å². The number of carboxylic acids is 1. The van der Waals surface area contributed by atoms with Crippen LogP contribution in [0.4, 0.5) is 0 Å². The number of thiazole rings is 1. The summed E-state index contributed by atoms with van der Waals surface area (Å²) in [7, 11) is 1.55. The highest BCUT2D eigenvalue weighted by atomic mass is 32.1. The van der Waals surface area contributed by atoms with Crippen molar-refractivity contribution < 1.29 is 19.4 Å². The minimum atomic E-state index is -1.09. The van der Waals surface area contributed by atoms with Gasteiger partial charge in [-0.1, -0.05) is 6.07 Å². The molecule has 6 nitrogen and oxygen atoms in total. The van der Waals surface area contributed by atoms with Gasteiger partial charge in [-0.2, -0.15) is 4.98 Å². The van der Waals surface area contributed by atoms with Crippen molar-refractivity contribution >= 4 is 22.3 Å². The molecule has 0 aliphatic heterocycles. The number of carboxylic acid groups (broad SMARTS) is 1. The zero-order valence-corrected chi connectivity index (χ0v) is 11.3. The average Bonchev–Trinajstić information content (AvgIpc) is 2.98. The van der Waals surface area contributed by atoms with Gasteiger partial charge in [-0.15, -0.1) is 11.3 Å². The Morgan fingerprint density at radius 3 is 2.95 bits per heavy atom. The SMILES string of the molecule is COc1cccc(Oc2nc3sccn3c2C(=O)O)c1. The lowest BCUT2D eigenvalue weighted by Gasteiger charge is -2.05. The zero-order valence-electron chi connectivity index (χ0n) is 10.4. The van der Waals surface area contributed by atoms with Crippen LogP contribution in [0, 0.1) is 0 Å². The Kier molecular flexibility index (Phi) is 3.03. The van der Waals surface area contributed by atoms with Gasteiger partial charge in [0.15, 0.2) is 10.7 Å². The maximum Gasteiger partial charge on any atom is 0.358 e. The third-order valence-corrected chi connectivity index (χ3v) is 3.45. The smallest absolute Gasteiger partial charge is 0.358 e. The van der Waals surface area contributed by atoms with Crippen molar-refractivity contribution in [1.82, 2.24) is 9.38 Å². The minimum Gasteiger partial charge on any atom is -0.497 e. The molecule has 0 atom stereocenters. The van der Waals surface area contributed by atoms with Crippen LogP contribution in [0.15, 0.2) is 35.8 Å². The molecular formula is C13H10N2O4S. The molecule has 0 radical (unpaired) electrons. The van der Waals surface area contributed by atoms with Gasteiger partial charge in [0.1, 0.15) is 11.5 Å². The van der Waals surface area contributed by atoms with E-state index in [4.69, 9.17) is 9.47 Å². The fourth-order valence-corrected chi connectivity index (χ4v) is 2.51. The molecule has 0 fully saturated rings. The number of hydrogen-bond donors (Lipinski definition) is 1. The molecule has 0 saturated heterocycles. The fraction of sp³-hybridized carbons (Fsp3) is 0.0769. The lowest BCUT2D eigenvalue weighted by molar-refractivity contribution is 0.0686. The summed E-state index contributed by atoms with van der Waals surface area (Å²) in [5.74, 6) is 0.0735. The predicted octanol–water partition coefficient (Wildman–Crippen LogP) is 2.89. The second kappa shape index (κ2) is 4.86. The van der Waals surface area contributed by atoms with Gasteiger partial charge in [0.05, 0.1) is 7.11 Å². The summed E-state index contributed by atoms with van der Waals surface area (Å²) in [6, 6.07) is 6.91. The molecule has 0 amide bonds. The highest BCUT2D eigenvalue weighted by molar-refractivity contribution is 7.15. The second-order valence-corrected chi connectivity index (χ2v) is 4.78. The minimum absolute atomic E-state index is 0.00377. The lowest BCUT2D eigenvalue weighted by Crippen LogP contribution is -2.02. The summed E-state index contributed by atoms with van der Waals surface area (Å²) in [5.41, 5.74) is 0.00377. The van der Waals surface area contributed by atoms with Crippen molar-refractivity contribution in [3.8, 4) is 17.4 Å². The molecule has 0 bridgehead atoms. The molecule has 1 N–H and O–H groups in total. The monoisotopic (exact) mass is 290 g/mol. The molecule has 2 aromatic heterocycles. The molecule has 2 heterocycles. The largest absolute Gasteiger partial charge is 0.497 e. The van der Waals surface area contributed by atoms with Crippen LogP contribution in [0.5, 0.6) is 17.4 Å². The van der Waals surface area contributed by atoms with Crippen molar-refractivity contribution in [2.45, 2.75) is 0 Å². The molecule has 3 rings (SSSR count). The standard InChI is InChI=1S/C13H10N2O4S/c1-18-8-3-2-4-9(7-8)19-11-10(12(16)17)15-5-6-20-13(15)14-11/h2-7H,1H3,(H,16,17). The van der Waals surface area contributed by atoms with Gasteiger partial charge in [0.25, 0.3) is 5.88 Å². The molecule has 1 aromatic carbocycles. The molecule has 0 unspecified atom stereocenters. The van der Waals surface area contributed by atoms with E-state index in [-0.39, 0.29) is 11.6 Å². The highest BCUT2D eigenvalue weighted by Crippen LogP contribution is 2.29. The third kappa shape index (κ3) is 2.08. The Labute approximate surface area is 117 Å². The Morgan fingerprint density at radius 1 is 1.40 bits per heavy atom. The predicted molar refractivity (Wildman–Crippen MR) is 73.1 cm³/mol. The van der Waals surface area contributed by atoms with Crippen molar-refractivity contribution in [2.75, 3.05) is 7.11 Å². The van der Waals surface area contributed by atoms with E-state index in [9.17, 15) is 9.90 Å². The number of imidazole rings is 1. The number of aromatic nitrogens is 2. The number of fused-ring (bicyclic) bond motifs is 1. The van der Waals surface area contributed by atoms with Crippen LogP contribution in [0.2, 0.25) is 0 Å². The summed E-state index contributed by atoms with van der Waals surface area (Å²) >= 11 is 1.34. The van der Waals surface area contributed by atoms with Crippen molar-refractivity contribution in [1.29, 1.82) is 0 Å². The normalized spacial score (nSPS) is 10.7. The van der Waals surface area contributed by atoms with Gasteiger partial charge < -0.3 is 14.6 Å². The van der Waals surface area contributed by atoms with Crippen LogP contribution in [-0.4, -0.2) is 27.6 Å². The Balaban J connectivity index is 2.03. The van der Waals surface area contributed by atoms with E-state index in [1.54, 1.807) is 43.0 Å². The zero-order chi connectivity index (χ0) is 14.1. The van der Waals surface area contributed by atoms with E-state index >= 15 is 0 Å². The number of ether oxygens (including phenoxy) is 2. The lowest BCUT2D eigenvalue weighted by atomic mass is 10.3. The van der Waals surface area contributed by atoms with Crippen LogP contribution < -0.4 is 9.47 Å². The molecular weight excluding hydrogens is 280 g/mol. The molecule has 3 aromatic rings. The average molecular weight is 290 g/mol. The second-order valence-electron chi connectivity index (χ2n) is 3.91. The maximum atomic E-state index is 11.3. The maximum absolute atomic E-state index is 11.3. The molecule has 0 aliphatic rings. The molecule has 7 heteroatoms. The van der Waals surface area contributed by atoms with E-state index < -0.39 is 5.97 Å². The summed E-state index contributed by atoms with van der Waals surface area (Å²) in [6.45, 7) is 0. The van der Waals surface area contributed by atoms with Crippen molar-refractivity contribution in [3.05, 3.63) is 41.5 Å². The van der Waals surface area contributed by atoms with Crippen LogP contribution in [0.1, 0.15) is 10.5 Å². The van der Waals surface area contributed by atoms with E-state index in [1.807, 2.05) is 0 Å². The third-order valence-electron chi connectivity index (χ3n) is 2.69. The van der Waals surface area contributed by atoms with E-state index in [1.165, 1.54) is 15.7 Å². The first-order valence-corrected chi connectivity index (χ1v) is 6.58. The van der Waals surface area contributed by atoms with Gasteiger partial charge in [0, 0.05) is 17.6 Å². The van der Waals surface area contributed by atoms with Gasteiger partial charge >= 0.3 is 5.97 Å². The number of carbonyl (C=O) groups is 1. The first-order valence-electron chi connectivity index (χ1n) is 5.70. The van der Waals surface area contributed by atoms with Gasteiger partial charge in [-0.25, -0.2) is 4.79 Å². The highest BCUT2D eigenvalue weighted by Gasteiger charge is 2.21.